The second-order valence-electron chi connectivity index (χ2n) is 23.6. The second kappa shape index (κ2) is 42.0. The predicted molar refractivity (Wildman–Crippen MR) is 436 cm³/mol. The maximum Gasteiger partial charge on any atom is -0.0134 e. The molecule has 23 heteroatoms. The summed E-state index contributed by atoms with van der Waals surface area (Å²) in [6.07, 6.45) is 13.3. The number of aryl methyl sites for hydroxylation is 4. The molecule has 0 aliphatic carbocycles. The summed E-state index contributed by atoms with van der Waals surface area (Å²) in [6, 6.07) is 77.9. The Labute approximate surface area is 666 Å². The summed E-state index contributed by atoms with van der Waals surface area (Å²) in [5, 5.41) is 37.8. The Balaban J connectivity index is 0.000000157. The van der Waals surface area contributed by atoms with E-state index in [2.05, 4.69) is 258 Å². The van der Waals surface area contributed by atoms with Crippen LogP contribution in [0.25, 0.3) is 10.0 Å². The first-order valence-electron chi connectivity index (χ1n) is 32.9. The van der Waals surface area contributed by atoms with Crippen LogP contribution in [-0.2, 0) is 78.3 Å². The smallest absolute Gasteiger partial charge is 0.0134 e. The van der Waals surface area contributed by atoms with Gasteiger partial charge in [-0.15, -0.1) is 49.5 Å². The molecule has 2 aliphatic heterocycles. The zero-order chi connectivity index (χ0) is 74.0. The molecule has 14 aromatic rings. The van der Waals surface area contributed by atoms with E-state index >= 15 is 0 Å². The van der Waals surface area contributed by atoms with Crippen molar-refractivity contribution in [2.24, 2.45) is 14.1 Å². The van der Waals surface area contributed by atoms with Gasteiger partial charge in [0, 0.05) is 37.6 Å². The van der Waals surface area contributed by atoms with Crippen LogP contribution < -0.4 is 31.8 Å². The van der Waals surface area contributed by atoms with Crippen LogP contribution in [0.15, 0.2) is 261 Å². The van der Waals surface area contributed by atoms with Gasteiger partial charge in [-0.1, -0.05) is 231 Å². The topological polar surface area (TPSA) is 116 Å². The minimum Gasteiger partial charge on any atom is -0.0622 e. The number of hydrogen-bond donors (Lipinski definition) is 0. The van der Waals surface area contributed by atoms with Crippen LogP contribution in [-0.4, -0.2) is 49.1 Å². The van der Waals surface area contributed by atoms with Crippen molar-refractivity contribution in [1.29, 1.82) is 0 Å². The predicted octanol–water partition coefficient (Wildman–Crippen LogP) is 18.2. The van der Waals surface area contributed by atoms with Gasteiger partial charge in [-0.25, -0.2) is 8.78 Å². The van der Waals surface area contributed by atoms with E-state index in [9.17, 15) is 8.78 Å². The number of hydrogen-bond acceptors (Lipinski definition) is 10. The number of rotatable bonds is 10. The third-order valence-electron chi connectivity index (χ3n) is 16.4. The Hall–Kier alpha value is -7.89. The number of halogens is 5. The third kappa shape index (κ3) is 22.2. The van der Waals surface area contributed by atoms with Crippen LogP contribution >= 0.6 is 77.9 Å². The molecule has 0 unspecified atom stereocenters. The molecule has 12 nitrogen and oxygen atoms in total. The van der Waals surface area contributed by atoms with Gasteiger partial charge in [-0.2, -0.15) is 10.2 Å². The van der Waals surface area contributed by atoms with E-state index in [0.717, 1.165) is 78.0 Å². The normalized spacial score (nSPS) is 12.7. The van der Waals surface area contributed by atoms with Crippen molar-refractivity contribution in [3.63, 3.8) is 0 Å². The summed E-state index contributed by atoms with van der Waals surface area (Å²) >= 11 is 9.06. The monoisotopic (exact) mass is 1770 g/mol. The van der Waals surface area contributed by atoms with E-state index in [1.165, 1.54) is 67.2 Å². The van der Waals surface area contributed by atoms with Gasteiger partial charge in [0.05, 0.1) is 41.6 Å². The van der Waals surface area contributed by atoms with Crippen molar-refractivity contribution in [2.45, 2.75) is 73.4 Å². The molecule has 0 saturated carbocycles. The van der Waals surface area contributed by atoms with Gasteiger partial charge in [0.15, 0.2) is 11.6 Å². The van der Waals surface area contributed by atoms with Gasteiger partial charge >= 0.3 is 68.1 Å². The number of thiophene rings is 2. The number of benzene rings is 8. The molecule has 2 atom stereocenters. The van der Waals surface area contributed by atoms with E-state index in [0.29, 0.717) is 19.6 Å². The van der Waals surface area contributed by atoms with Crippen LogP contribution in [0.1, 0.15) is 106 Å². The molecular weight excluding hydrogens is 1700 g/mol. The molecule has 6 aromatic heterocycles. The molecule has 16 rings (SSSR count). The third-order valence-corrected chi connectivity index (χ3v) is 23.5. The first-order valence-corrected chi connectivity index (χ1v) is 44.3. The van der Waals surface area contributed by atoms with Crippen LogP contribution in [0.2, 0.25) is 0 Å². The first-order chi connectivity index (χ1) is 51.3. The maximum atomic E-state index is 13.4. The van der Waals surface area contributed by atoms with E-state index < -0.39 is 15.8 Å². The standard InChI is InChI=1S/C23H20FN5OS.2C18H15P.C17H16FN3OS.C6H6N2.CH4.2ClH.Cu.HI.Pd/c1-14-22-27-26-15(2)29(22)23-20(13-30-14)19(10-16-4-7-18(24)8-5-16)21(31-23)9-6-17-11-25-28(3)12-17;2*1-4-10-16(11-5-1)19(17-12-6-2-7-13-17)18-14-8-3-9-15-18;1-10-16-20-19-11(2)21(16)17-15(8-22-10)13(9-23-17)7-12-3-5-14(18)6-4-12;1-3-6-4-7-8(2)5-6;;;;;;/h4-5,7-8,11-12,14H,10,13H2,1-3H3;2*1-15H;3-6,9-10H,7-8H2,1-2H3;1,4-5H,2H3;1H4;2*1H;;1H;/q;;;;;;;;+1;;+2/p-3/t14-;;;10-;;;;;;;/m0..0......./s1. The van der Waals surface area contributed by atoms with Crippen molar-refractivity contribution < 1.29 is 47.0 Å². The van der Waals surface area contributed by atoms with Gasteiger partial charge in [0.2, 0.25) is 0 Å². The van der Waals surface area contributed by atoms with Gasteiger partial charge in [0.1, 0.15) is 45.5 Å². The van der Waals surface area contributed by atoms with Crippen LogP contribution in [0.5, 0.6) is 0 Å². The zero-order valence-electron chi connectivity index (χ0n) is 57.9. The van der Waals surface area contributed by atoms with Gasteiger partial charge in [0.25, 0.3) is 0 Å². The van der Waals surface area contributed by atoms with E-state index in [-0.39, 0.29) is 47.2 Å². The number of aromatic nitrogens is 10. The quantitative estimate of drug-likeness (QED) is 0.0575. The fourth-order valence-corrected chi connectivity index (χ4v) is 18.4. The second-order valence-corrected chi connectivity index (χ2v) is 32.2. The average molecular weight is 1780 g/mol. The van der Waals surface area contributed by atoms with Gasteiger partial charge < -0.3 is 9.47 Å². The number of nitrogens with zero attached hydrogens (tertiary/aromatic N) is 10. The van der Waals surface area contributed by atoms with Crippen molar-refractivity contribution in [3.05, 3.63) is 345 Å². The van der Waals surface area contributed by atoms with Crippen molar-refractivity contribution in [1.82, 2.24) is 49.1 Å². The van der Waals surface area contributed by atoms with E-state index in [1.54, 1.807) is 71.0 Å². The summed E-state index contributed by atoms with van der Waals surface area (Å²) in [4.78, 5) is 0.954. The SMILES string of the molecule is C.C#Cc1cnn(C)c1.Cc1nnc2n1-c1sc(C#Cc3cnn(C)c3)c(Cc3ccc(F)cc3)c1CO[C@H]2C.Cc1nnc2n1-c1scc(Cc3ccc(F)cc3)c1CO[C@H]2C.[Cl][Pd][Cl].[Cu][I].c1ccc(P(c2ccccc2)c2ccccc2)cc1.c1ccc(P(c2ccccc2)c2ccccc2)cc1. The molecule has 0 fully saturated rings. The summed E-state index contributed by atoms with van der Waals surface area (Å²) in [6.45, 7) is 8.89. The van der Waals surface area contributed by atoms with Crippen molar-refractivity contribution in [3.8, 4) is 34.2 Å². The molecule has 0 N–H and O–H groups in total. The molecule has 8 heterocycles. The molecular formula is C83H76Cl2CuF2IN10O2P2PdS2. The Bertz CT molecular complexity index is 4800. The minimum absolute atomic E-state index is 0. The Morgan fingerprint density at radius 3 is 1.25 bits per heavy atom. The molecule has 548 valence electrons. The van der Waals surface area contributed by atoms with Gasteiger partial charge in [-0.05, 0) is 140 Å². The molecule has 0 radical (unpaired) electrons. The molecule has 0 spiro atoms. The number of terminal acetylenes is 1. The van der Waals surface area contributed by atoms with Crippen LogP contribution in [0.3, 0.4) is 0 Å². The van der Waals surface area contributed by atoms with Crippen LogP contribution in [0.4, 0.5) is 8.78 Å². The van der Waals surface area contributed by atoms with E-state index in [1.807, 2.05) is 72.3 Å². The van der Waals surface area contributed by atoms with Gasteiger partial charge in [-0.3, -0.25) is 18.5 Å². The Morgan fingerprint density at radius 2 is 0.887 bits per heavy atom. The molecule has 0 bridgehead atoms. The van der Waals surface area contributed by atoms with Crippen LogP contribution in [0, 0.1) is 49.7 Å². The Morgan fingerprint density at radius 1 is 0.528 bits per heavy atom. The number of fused-ring (bicyclic) bond motifs is 6. The zero-order valence-corrected chi connectivity index (χ0v) is 67.5. The number of ether oxygens (including phenoxy) is 2. The summed E-state index contributed by atoms with van der Waals surface area (Å²) < 4.78 is 46.1. The first kappa shape index (κ1) is 82.2. The largest absolute Gasteiger partial charge is 0.0622 e. The van der Waals surface area contributed by atoms with E-state index in [4.69, 9.17) is 35.0 Å². The minimum atomic E-state index is -0.446. The van der Waals surface area contributed by atoms with Crippen molar-refractivity contribution in [2.75, 3.05) is 0 Å². The average Bonchev–Trinajstić information content (AvgIpc) is 1.60. The summed E-state index contributed by atoms with van der Waals surface area (Å²) in [5.74, 6) is 11.9. The Kier molecular flexibility index (Phi) is 32.6. The molecule has 0 saturated heterocycles. The molecule has 0 amide bonds. The molecule has 2 aliphatic rings. The van der Waals surface area contributed by atoms with Crippen molar-refractivity contribution >= 4 is 110 Å². The fourth-order valence-electron chi connectivity index (χ4n) is 11.4. The summed E-state index contributed by atoms with van der Waals surface area (Å²) in [7, 11) is 12.4. The summed E-state index contributed by atoms with van der Waals surface area (Å²) in [5.41, 5.74) is 8.35. The molecule has 106 heavy (non-hydrogen) atoms. The molecule has 8 aromatic carbocycles. The fraction of sp³-hybridized carbons (Fsp3) is 0.157. The maximum absolute atomic E-state index is 13.4.